The van der Waals surface area contributed by atoms with Crippen LogP contribution in [0.2, 0.25) is 0 Å². The molecule has 1 fully saturated rings. The van der Waals surface area contributed by atoms with E-state index in [1.165, 1.54) is 0 Å². The first-order chi connectivity index (χ1) is 9.30. The molecular formula is C16H23BrN2O. The largest absolute Gasteiger partial charge is 0.329 e. The summed E-state index contributed by atoms with van der Waals surface area (Å²) < 4.78 is 1.04. The molecule has 1 aromatic carbocycles. The maximum Gasteiger partial charge on any atom is 0.223 e. The van der Waals surface area contributed by atoms with Gasteiger partial charge in [-0.15, -0.1) is 0 Å². The molecular weight excluding hydrogens is 316 g/mol. The summed E-state index contributed by atoms with van der Waals surface area (Å²) in [6.07, 6.45) is 2.36. The monoisotopic (exact) mass is 338 g/mol. The molecule has 1 amide bonds. The Morgan fingerprint density at radius 1 is 1.25 bits per heavy atom. The van der Waals surface area contributed by atoms with E-state index in [-0.39, 0.29) is 23.5 Å². The van der Waals surface area contributed by atoms with Gasteiger partial charge in [0.1, 0.15) is 0 Å². The molecule has 4 heteroatoms. The summed E-state index contributed by atoms with van der Waals surface area (Å²) in [7, 11) is 0. The first kappa shape index (κ1) is 15.5. The zero-order valence-corrected chi connectivity index (χ0v) is 14.0. The van der Waals surface area contributed by atoms with Crippen LogP contribution in [0.4, 0.5) is 0 Å². The summed E-state index contributed by atoms with van der Waals surface area (Å²) in [5, 5.41) is 0. The highest BCUT2D eigenvalue weighted by Gasteiger charge is 2.38. The normalized spacial score (nSPS) is 24.6. The second-order valence-electron chi connectivity index (χ2n) is 6.49. The van der Waals surface area contributed by atoms with Crippen molar-refractivity contribution in [2.75, 3.05) is 0 Å². The molecule has 1 aliphatic heterocycles. The highest BCUT2D eigenvalue weighted by atomic mass is 79.9. The van der Waals surface area contributed by atoms with Crippen molar-refractivity contribution in [2.24, 2.45) is 5.73 Å². The minimum atomic E-state index is -0.225. The second kappa shape index (κ2) is 5.86. The van der Waals surface area contributed by atoms with Crippen LogP contribution in [0.25, 0.3) is 0 Å². The van der Waals surface area contributed by atoms with Gasteiger partial charge < -0.3 is 10.6 Å². The van der Waals surface area contributed by atoms with Gasteiger partial charge in [0.25, 0.3) is 0 Å². The van der Waals surface area contributed by atoms with Gasteiger partial charge in [-0.2, -0.15) is 0 Å². The number of hydrogen-bond acceptors (Lipinski definition) is 2. The van der Waals surface area contributed by atoms with Crippen LogP contribution in [0.15, 0.2) is 28.7 Å². The summed E-state index contributed by atoms with van der Waals surface area (Å²) in [5.74, 6) is 0.207. The third-order valence-electron chi connectivity index (χ3n) is 3.81. The van der Waals surface area contributed by atoms with E-state index >= 15 is 0 Å². The number of likely N-dealkylation sites (tertiary alicyclic amines) is 1. The number of carbonyl (C=O) groups excluding carboxylic acids is 1. The fourth-order valence-electron chi connectivity index (χ4n) is 2.96. The Hall–Kier alpha value is -0.870. The van der Waals surface area contributed by atoms with E-state index in [2.05, 4.69) is 48.8 Å². The molecule has 0 saturated carbocycles. The number of nitrogens with zero attached hydrogens (tertiary/aromatic N) is 1. The topological polar surface area (TPSA) is 46.3 Å². The molecule has 3 nitrogen and oxygen atoms in total. The lowest BCUT2D eigenvalue weighted by Gasteiger charge is -2.43. The molecule has 2 unspecified atom stereocenters. The molecule has 0 aliphatic carbocycles. The third kappa shape index (κ3) is 3.23. The quantitative estimate of drug-likeness (QED) is 0.849. The van der Waals surface area contributed by atoms with E-state index in [1.807, 2.05) is 17.0 Å². The summed E-state index contributed by atoms with van der Waals surface area (Å²) >= 11 is 3.45. The molecule has 0 radical (unpaired) electrons. The number of rotatable bonds is 1. The number of benzene rings is 1. The Balaban J connectivity index is 2.46. The Morgan fingerprint density at radius 3 is 2.40 bits per heavy atom. The highest BCUT2D eigenvalue weighted by molar-refractivity contribution is 9.10. The fourth-order valence-corrected chi connectivity index (χ4v) is 3.23. The zero-order valence-electron chi connectivity index (χ0n) is 12.4. The molecule has 0 spiro atoms. The van der Waals surface area contributed by atoms with Gasteiger partial charge in [-0.25, -0.2) is 0 Å². The van der Waals surface area contributed by atoms with Gasteiger partial charge in [0.2, 0.25) is 5.91 Å². The van der Waals surface area contributed by atoms with Crippen molar-refractivity contribution < 1.29 is 4.79 Å². The lowest BCUT2D eigenvalue weighted by molar-refractivity contribution is -0.139. The van der Waals surface area contributed by atoms with Crippen molar-refractivity contribution in [3.63, 3.8) is 0 Å². The molecule has 1 aliphatic rings. The Morgan fingerprint density at radius 2 is 1.85 bits per heavy atom. The van der Waals surface area contributed by atoms with Gasteiger partial charge in [0, 0.05) is 22.5 Å². The minimum absolute atomic E-state index is 0.0122. The Kier molecular flexibility index (Phi) is 4.55. The Bertz CT molecular complexity index is 478. The van der Waals surface area contributed by atoms with E-state index in [0.29, 0.717) is 6.42 Å². The molecule has 1 saturated heterocycles. The van der Waals surface area contributed by atoms with E-state index < -0.39 is 0 Å². The van der Waals surface area contributed by atoms with Crippen LogP contribution in [0.1, 0.15) is 51.6 Å². The smallest absolute Gasteiger partial charge is 0.223 e. The first-order valence-electron chi connectivity index (χ1n) is 7.14. The van der Waals surface area contributed by atoms with Crippen molar-refractivity contribution >= 4 is 21.8 Å². The van der Waals surface area contributed by atoms with Crippen LogP contribution in [0.3, 0.4) is 0 Å². The number of halogens is 1. The molecule has 0 aromatic heterocycles. The molecule has 0 bridgehead atoms. The lowest BCUT2D eigenvalue weighted by atomic mass is 9.92. The standard InChI is InChI=1S/C16H23BrN2O/c1-16(2,3)19-14(20)6-4-5-13(18)15(19)11-7-9-12(17)10-8-11/h7-10,13,15H,4-6,18H2,1-3H3. The Labute approximate surface area is 129 Å². The summed E-state index contributed by atoms with van der Waals surface area (Å²) in [5.41, 5.74) is 7.28. The minimum Gasteiger partial charge on any atom is -0.329 e. The molecule has 20 heavy (non-hydrogen) atoms. The lowest BCUT2D eigenvalue weighted by Crippen LogP contribution is -2.51. The van der Waals surface area contributed by atoms with Crippen LogP contribution in [0, 0.1) is 0 Å². The predicted molar refractivity (Wildman–Crippen MR) is 85.3 cm³/mol. The van der Waals surface area contributed by atoms with E-state index in [9.17, 15) is 4.79 Å². The van der Waals surface area contributed by atoms with E-state index in [0.717, 1.165) is 22.9 Å². The number of amides is 1. The summed E-state index contributed by atoms with van der Waals surface area (Å²) in [6.45, 7) is 6.23. The number of hydrogen-bond donors (Lipinski definition) is 1. The van der Waals surface area contributed by atoms with Crippen LogP contribution < -0.4 is 5.73 Å². The van der Waals surface area contributed by atoms with Crippen LogP contribution in [-0.4, -0.2) is 22.4 Å². The van der Waals surface area contributed by atoms with Gasteiger partial charge >= 0.3 is 0 Å². The number of nitrogens with two attached hydrogens (primary N) is 1. The predicted octanol–water partition coefficient (Wildman–Crippen LogP) is 3.63. The molecule has 110 valence electrons. The van der Waals surface area contributed by atoms with Crippen LogP contribution >= 0.6 is 15.9 Å². The van der Waals surface area contributed by atoms with Crippen molar-refractivity contribution in [3.05, 3.63) is 34.3 Å². The van der Waals surface area contributed by atoms with Crippen molar-refractivity contribution in [1.29, 1.82) is 0 Å². The second-order valence-corrected chi connectivity index (χ2v) is 7.40. The molecule has 2 atom stereocenters. The molecule has 2 rings (SSSR count). The van der Waals surface area contributed by atoms with E-state index in [1.54, 1.807) is 0 Å². The van der Waals surface area contributed by atoms with Gasteiger partial charge in [0.05, 0.1) is 6.04 Å². The first-order valence-corrected chi connectivity index (χ1v) is 7.93. The maximum atomic E-state index is 12.5. The maximum absolute atomic E-state index is 12.5. The summed E-state index contributed by atoms with van der Waals surface area (Å²) in [6, 6.07) is 8.09. The zero-order chi connectivity index (χ0) is 14.9. The van der Waals surface area contributed by atoms with Gasteiger partial charge in [-0.05, 0) is 51.3 Å². The van der Waals surface area contributed by atoms with Gasteiger partial charge in [-0.3, -0.25) is 4.79 Å². The van der Waals surface area contributed by atoms with Crippen LogP contribution in [-0.2, 0) is 4.79 Å². The fraction of sp³-hybridized carbons (Fsp3) is 0.562. The summed E-state index contributed by atoms with van der Waals surface area (Å²) in [4.78, 5) is 14.5. The molecule has 2 N–H and O–H groups in total. The number of carbonyl (C=O) groups is 1. The average Bonchev–Trinajstić information content (AvgIpc) is 2.49. The van der Waals surface area contributed by atoms with Gasteiger partial charge in [0.15, 0.2) is 0 Å². The average molecular weight is 339 g/mol. The SMILES string of the molecule is CC(C)(C)N1C(=O)CCCC(N)C1c1ccc(Br)cc1. The molecule has 1 heterocycles. The van der Waals surface area contributed by atoms with Crippen molar-refractivity contribution in [3.8, 4) is 0 Å². The van der Waals surface area contributed by atoms with Crippen molar-refractivity contribution in [1.82, 2.24) is 4.90 Å². The van der Waals surface area contributed by atoms with Crippen LogP contribution in [0.5, 0.6) is 0 Å². The van der Waals surface area contributed by atoms with Gasteiger partial charge in [-0.1, -0.05) is 28.1 Å². The highest BCUT2D eigenvalue weighted by Crippen LogP contribution is 2.35. The van der Waals surface area contributed by atoms with Crippen molar-refractivity contribution in [2.45, 2.75) is 57.7 Å². The van der Waals surface area contributed by atoms with E-state index in [4.69, 9.17) is 5.73 Å². The molecule has 1 aromatic rings. The third-order valence-corrected chi connectivity index (χ3v) is 4.34.